The Morgan fingerprint density at radius 2 is 2.09 bits per heavy atom. The number of hydrogen-bond donors (Lipinski definition) is 3. The maximum Gasteiger partial charge on any atom is 0.255 e. The van der Waals surface area contributed by atoms with E-state index in [1.165, 1.54) is 4.90 Å². The van der Waals surface area contributed by atoms with Crippen LogP contribution in [0.2, 0.25) is 0 Å². The third-order valence-corrected chi connectivity index (χ3v) is 5.12. The lowest BCUT2D eigenvalue weighted by molar-refractivity contribution is -0.137. The lowest BCUT2D eigenvalue weighted by Crippen LogP contribution is -2.52. The number of amides is 5. The summed E-state index contributed by atoms with van der Waals surface area (Å²) in [6, 6.07) is 4.40. The minimum Gasteiger partial charge on any atom is -0.385 e. The number of nitrogens with zero attached hydrogens (tertiary/aromatic N) is 1. The molecule has 0 spiro atoms. The van der Waals surface area contributed by atoms with Crippen LogP contribution in [-0.2, 0) is 30.5 Å². The molecule has 174 valence electrons. The molecule has 0 saturated carbocycles. The van der Waals surface area contributed by atoms with Gasteiger partial charge in [-0.3, -0.25) is 29.3 Å². The van der Waals surface area contributed by atoms with Crippen molar-refractivity contribution in [3.05, 3.63) is 29.3 Å². The van der Waals surface area contributed by atoms with Gasteiger partial charge in [0.1, 0.15) is 6.04 Å². The van der Waals surface area contributed by atoms with Gasteiger partial charge in [0.2, 0.25) is 24.1 Å². The Bertz CT molecular complexity index is 857. The first kappa shape index (κ1) is 25.0. The molecule has 5 amide bonds. The number of fused-ring (bicyclic) bond motifs is 1. The van der Waals surface area contributed by atoms with Gasteiger partial charge in [0.25, 0.3) is 5.91 Å². The third-order valence-electron chi connectivity index (χ3n) is 5.12. The molecule has 3 N–H and O–H groups in total. The number of benzene rings is 1. The second-order valence-corrected chi connectivity index (χ2v) is 7.44. The van der Waals surface area contributed by atoms with Gasteiger partial charge < -0.3 is 20.3 Å². The Morgan fingerprint density at radius 3 is 2.75 bits per heavy atom. The maximum atomic E-state index is 12.4. The average Bonchev–Trinajstić information content (AvgIpc) is 3.10. The van der Waals surface area contributed by atoms with Crippen LogP contribution in [0.15, 0.2) is 18.2 Å². The van der Waals surface area contributed by atoms with Gasteiger partial charge in [-0.25, -0.2) is 0 Å². The van der Waals surface area contributed by atoms with Gasteiger partial charge in [0.05, 0.1) is 0 Å². The zero-order valence-electron chi connectivity index (χ0n) is 18.4. The van der Waals surface area contributed by atoms with Crippen LogP contribution < -0.4 is 16.0 Å². The minimum absolute atomic E-state index is 0.142. The summed E-state index contributed by atoms with van der Waals surface area (Å²) in [6.07, 6.45) is 3.53. The molecule has 1 atom stereocenters. The predicted molar refractivity (Wildman–Crippen MR) is 117 cm³/mol. The molecule has 2 aliphatic rings. The molecular formula is C22H30N4O6. The van der Waals surface area contributed by atoms with Crippen LogP contribution in [0.3, 0.4) is 0 Å². The zero-order valence-corrected chi connectivity index (χ0v) is 18.4. The minimum atomic E-state index is -0.647. The fourth-order valence-corrected chi connectivity index (χ4v) is 3.54. The van der Waals surface area contributed by atoms with E-state index in [-0.39, 0.29) is 30.7 Å². The highest BCUT2D eigenvalue weighted by atomic mass is 16.5. The summed E-state index contributed by atoms with van der Waals surface area (Å²) in [5.74, 6) is -0.876. The van der Waals surface area contributed by atoms with Gasteiger partial charge in [-0.15, -0.1) is 0 Å². The van der Waals surface area contributed by atoms with Gasteiger partial charge in [0, 0.05) is 56.5 Å². The molecule has 1 aromatic carbocycles. The summed E-state index contributed by atoms with van der Waals surface area (Å²) >= 11 is 0. The fourth-order valence-electron chi connectivity index (χ4n) is 3.54. The molecule has 2 aliphatic heterocycles. The first-order valence-electron chi connectivity index (χ1n) is 10.6. The van der Waals surface area contributed by atoms with E-state index in [0.717, 1.165) is 19.4 Å². The summed E-state index contributed by atoms with van der Waals surface area (Å²) in [5, 5.41) is 7.61. The Morgan fingerprint density at radius 1 is 1.31 bits per heavy atom. The lowest BCUT2D eigenvalue weighted by atomic mass is 10.0. The van der Waals surface area contributed by atoms with Crippen molar-refractivity contribution >= 4 is 35.7 Å². The van der Waals surface area contributed by atoms with E-state index >= 15 is 0 Å². The van der Waals surface area contributed by atoms with Crippen LogP contribution in [0.4, 0.5) is 5.69 Å². The van der Waals surface area contributed by atoms with Crippen molar-refractivity contribution in [1.82, 2.24) is 15.5 Å². The standard InChI is InChI=1S/C14H13N3O4.C8H17NO2/c18-7-15-10-3-1-2-8-9(10)6-17(14(8)21)11-4-5-12(19)16-13(11)20;1-3-5-8(10)9-6-4-7-11-2/h1-3,7,11H,4-6H2,(H,15,18)(H,16,19,20);3-7H2,1-2H3,(H,9,10). The number of hydrogen-bond acceptors (Lipinski definition) is 6. The first-order valence-corrected chi connectivity index (χ1v) is 10.6. The number of nitrogens with one attached hydrogen (secondary N) is 3. The Balaban J connectivity index is 0.000000282. The van der Waals surface area contributed by atoms with Crippen molar-refractivity contribution in [2.75, 3.05) is 25.6 Å². The van der Waals surface area contributed by atoms with Gasteiger partial charge in [-0.1, -0.05) is 13.0 Å². The third kappa shape index (κ3) is 6.61. The van der Waals surface area contributed by atoms with E-state index in [9.17, 15) is 24.0 Å². The number of ether oxygens (including phenoxy) is 1. The summed E-state index contributed by atoms with van der Waals surface area (Å²) in [7, 11) is 1.66. The average molecular weight is 447 g/mol. The topological polar surface area (TPSA) is 134 Å². The van der Waals surface area contributed by atoms with E-state index in [4.69, 9.17) is 4.74 Å². The second kappa shape index (κ2) is 12.6. The summed E-state index contributed by atoms with van der Waals surface area (Å²) in [5.41, 5.74) is 1.73. The maximum absolute atomic E-state index is 12.4. The van der Waals surface area contributed by atoms with Crippen molar-refractivity contribution in [3.8, 4) is 0 Å². The molecule has 1 fully saturated rings. The SMILES string of the molecule is CCCC(=O)NCCCOC.O=CNc1cccc2c1CN(C1CCC(=O)NC1=O)C2=O. The molecule has 0 aliphatic carbocycles. The number of carbonyl (C=O) groups is 5. The quantitative estimate of drug-likeness (QED) is 0.294. The molecule has 32 heavy (non-hydrogen) atoms. The number of carbonyl (C=O) groups excluding carboxylic acids is 5. The Labute approximate surface area is 187 Å². The monoisotopic (exact) mass is 446 g/mol. The molecule has 1 aromatic rings. The van der Waals surface area contributed by atoms with Crippen LogP contribution in [0.1, 0.15) is 54.9 Å². The van der Waals surface area contributed by atoms with Gasteiger partial charge >= 0.3 is 0 Å². The van der Waals surface area contributed by atoms with E-state index in [2.05, 4.69) is 16.0 Å². The normalized spacial score (nSPS) is 17.1. The van der Waals surface area contributed by atoms with Gasteiger partial charge in [-0.05, 0) is 31.4 Å². The largest absolute Gasteiger partial charge is 0.385 e. The number of piperidine rings is 1. The van der Waals surface area contributed by atoms with E-state index in [0.29, 0.717) is 42.7 Å². The Kier molecular flexibility index (Phi) is 9.80. The number of methoxy groups -OCH3 is 1. The summed E-state index contributed by atoms with van der Waals surface area (Å²) < 4.78 is 4.83. The lowest BCUT2D eigenvalue weighted by Gasteiger charge is -2.29. The van der Waals surface area contributed by atoms with E-state index < -0.39 is 11.9 Å². The molecule has 3 rings (SSSR count). The molecular weight excluding hydrogens is 416 g/mol. The van der Waals surface area contributed by atoms with E-state index in [1.807, 2.05) is 6.92 Å². The number of imide groups is 1. The molecule has 2 heterocycles. The highest BCUT2D eigenvalue weighted by Crippen LogP contribution is 2.31. The van der Waals surface area contributed by atoms with Crippen LogP contribution >= 0.6 is 0 Å². The zero-order chi connectivity index (χ0) is 23.5. The number of rotatable bonds is 9. The van der Waals surface area contributed by atoms with Crippen molar-refractivity contribution in [2.45, 2.75) is 51.6 Å². The molecule has 10 heteroatoms. The Hall–Kier alpha value is -3.27. The molecule has 0 bridgehead atoms. The van der Waals surface area contributed by atoms with Crippen molar-refractivity contribution < 1.29 is 28.7 Å². The first-order chi connectivity index (χ1) is 15.4. The molecule has 1 unspecified atom stereocenters. The van der Waals surface area contributed by atoms with Gasteiger partial charge in [0.15, 0.2) is 0 Å². The predicted octanol–water partition coefficient (Wildman–Crippen LogP) is 0.955. The number of anilines is 1. The van der Waals surface area contributed by atoms with Crippen molar-refractivity contribution in [2.24, 2.45) is 0 Å². The van der Waals surface area contributed by atoms with E-state index in [1.54, 1.807) is 25.3 Å². The van der Waals surface area contributed by atoms with Crippen molar-refractivity contribution in [1.29, 1.82) is 0 Å². The van der Waals surface area contributed by atoms with Crippen LogP contribution in [-0.4, -0.2) is 61.2 Å². The molecule has 10 nitrogen and oxygen atoms in total. The second-order valence-electron chi connectivity index (χ2n) is 7.44. The van der Waals surface area contributed by atoms with Crippen LogP contribution in [0.25, 0.3) is 0 Å². The fraction of sp³-hybridized carbons (Fsp3) is 0.500. The molecule has 0 radical (unpaired) electrons. The summed E-state index contributed by atoms with van der Waals surface area (Å²) in [4.78, 5) is 58.4. The van der Waals surface area contributed by atoms with Gasteiger partial charge in [-0.2, -0.15) is 0 Å². The highest BCUT2D eigenvalue weighted by Gasteiger charge is 2.39. The highest BCUT2D eigenvalue weighted by molar-refractivity contribution is 6.06. The van der Waals surface area contributed by atoms with Crippen molar-refractivity contribution in [3.63, 3.8) is 0 Å². The summed E-state index contributed by atoms with van der Waals surface area (Å²) in [6.45, 7) is 3.69. The van der Waals surface area contributed by atoms with Crippen LogP contribution in [0, 0.1) is 0 Å². The molecule has 1 saturated heterocycles. The molecule has 0 aromatic heterocycles. The smallest absolute Gasteiger partial charge is 0.255 e. The van der Waals surface area contributed by atoms with Crippen LogP contribution in [0.5, 0.6) is 0 Å².